The number of carboxylic acid groups (broad SMARTS) is 1. The minimum atomic E-state index is -1.01. The van der Waals surface area contributed by atoms with Gasteiger partial charge in [-0.15, -0.1) is 10.2 Å². The fraction of sp³-hybridized carbons (Fsp3) is 0.200. The van der Waals surface area contributed by atoms with Crippen molar-refractivity contribution in [3.05, 3.63) is 54.1 Å². The van der Waals surface area contributed by atoms with Gasteiger partial charge in [-0.25, -0.2) is 4.79 Å². The van der Waals surface area contributed by atoms with E-state index in [1.165, 1.54) is 23.9 Å². The van der Waals surface area contributed by atoms with Crippen LogP contribution in [-0.4, -0.2) is 44.6 Å². The Morgan fingerprint density at radius 3 is 2.38 bits per heavy atom. The predicted octanol–water partition coefficient (Wildman–Crippen LogP) is 3.40. The zero-order valence-electron chi connectivity index (χ0n) is 16.0. The number of rotatable bonds is 8. The van der Waals surface area contributed by atoms with Gasteiger partial charge in [0.05, 0.1) is 18.4 Å². The molecule has 0 atom stereocenters. The number of carboxylic acids is 1. The van der Waals surface area contributed by atoms with E-state index in [0.29, 0.717) is 17.4 Å². The number of benzene rings is 2. The summed E-state index contributed by atoms with van der Waals surface area (Å²) in [6.07, 6.45) is 0. The van der Waals surface area contributed by atoms with Gasteiger partial charge in [-0.1, -0.05) is 11.8 Å². The van der Waals surface area contributed by atoms with Crippen molar-refractivity contribution in [3.63, 3.8) is 0 Å². The largest absolute Gasteiger partial charge is 0.497 e. The van der Waals surface area contributed by atoms with Gasteiger partial charge in [0.15, 0.2) is 11.0 Å². The summed E-state index contributed by atoms with van der Waals surface area (Å²) in [7, 11) is 1.61. The standard InChI is InChI=1S/C20H20N4O4S/c1-3-24-18(13-6-10-16(28-2)11-7-13)22-23-20(24)29-12-17(25)21-15-8-4-14(5-9-15)19(26)27/h4-11H,3,12H2,1-2H3,(H,21,25)(H,26,27). The van der Waals surface area contributed by atoms with E-state index in [4.69, 9.17) is 9.84 Å². The van der Waals surface area contributed by atoms with Crippen LogP contribution in [0.5, 0.6) is 5.75 Å². The van der Waals surface area contributed by atoms with Crippen molar-refractivity contribution in [2.45, 2.75) is 18.6 Å². The molecule has 3 aromatic rings. The van der Waals surface area contributed by atoms with Crippen molar-refractivity contribution in [2.75, 3.05) is 18.2 Å². The summed E-state index contributed by atoms with van der Waals surface area (Å²) in [4.78, 5) is 23.1. The molecule has 1 amide bonds. The summed E-state index contributed by atoms with van der Waals surface area (Å²) < 4.78 is 7.12. The maximum atomic E-state index is 12.2. The first kappa shape index (κ1) is 20.4. The molecule has 2 N–H and O–H groups in total. The van der Waals surface area contributed by atoms with Gasteiger partial charge in [0.1, 0.15) is 5.75 Å². The molecule has 1 aromatic heterocycles. The lowest BCUT2D eigenvalue weighted by atomic mass is 10.2. The van der Waals surface area contributed by atoms with Crippen molar-refractivity contribution in [1.82, 2.24) is 14.8 Å². The number of aromatic nitrogens is 3. The molecule has 150 valence electrons. The van der Waals surface area contributed by atoms with E-state index in [2.05, 4.69) is 15.5 Å². The summed E-state index contributed by atoms with van der Waals surface area (Å²) in [5.41, 5.74) is 1.62. The van der Waals surface area contributed by atoms with Gasteiger partial charge in [-0.3, -0.25) is 4.79 Å². The highest BCUT2D eigenvalue weighted by molar-refractivity contribution is 7.99. The normalized spacial score (nSPS) is 10.6. The number of hydrogen-bond donors (Lipinski definition) is 2. The monoisotopic (exact) mass is 412 g/mol. The smallest absolute Gasteiger partial charge is 0.335 e. The van der Waals surface area contributed by atoms with Crippen LogP contribution in [0.4, 0.5) is 5.69 Å². The topological polar surface area (TPSA) is 106 Å². The van der Waals surface area contributed by atoms with E-state index < -0.39 is 5.97 Å². The fourth-order valence-corrected chi connectivity index (χ4v) is 3.46. The summed E-state index contributed by atoms with van der Waals surface area (Å²) in [6.45, 7) is 2.65. The molecule has 2 aromatic carbocycles. The number of nitrogens with zero attached hydrogens (tertiary/aromatic N) is 3. The van der Waals surface area contributed by atoms with Crippen molar-refractivity contribution < 1.29 is 19.4 Å². The van der Waals surface area contributed by atoms with Crippen LogP contribution in [-0.2, 0) is 11.3 Å². The molecule has 0 bridgehead atoms. The third-order valence-corrected chi connectivity index (χ3v) is 5.10. The number of amides is 1. The minimum absolute atomic E-state index is 0.154. The maximum absolute atomic E-state index is 12.2. The van der Waals surface area contributed by atoms with Gasteiger partial charge in [-0.05, 0) is 55.5 Å². The van der Waals surface area contributed by atoms with Crippen LogP contribution >= 0.6 is 11.8 Å². The molecule has 0 radical (unpaired) electrons. The number of methoxy groups -OCH3 is 1. The second kappa shape index (κ2) is 9.24. The lowest BCUT2D eigenvalue weighted by Crippen LogP contribution is -2.14. The van der Waals surface area contributed by atoms with Gasteiger partial charge < -0.3 is 19.7 Å². The van der Waals surface area contributed by atoms with Crippen LogP contribution in [0.25, 0.3) is 11.4 Å². The van der Waals surface area contributed by atoms with Gasteiger partial charge in [0, 0.05) is 17.8 Å². The molecular weight excluding hydrogens is 392 g/mol. The molecule has 8 nitrogen and oxygen atoms in total. The molecule has 0 aliphatic heterocycles. The van der Waals surface area contributed by atoms with Crippen LogP contribution in [0.3, 0.4) is 0 Å². The Kier molecular flexibility index (Phi) is 6.50. The molecule has 3 rings (SSSR count). The molecule has 0 saturated carbocycles. The first-order valence-corrected chi connectivity index (χ1v) is 9.84. The van der Waals surface area contributed by atoms with E-state index in [1.54, 1.807) is 19.2 Å². The zero-order chi connectivity index (χ0) is 20.8. The highest BCUT2D eigenvalue weighted by atomic mass is 32.2. The molecule has 0 saturated heterocycles. The number of aromatic carboxylic acids is 1. The van der Waals surface area contributed by atoms with Gasteiger partial charge in [0.2, 0.25) is 5.91 Å². The zero-order valence-corrected chi connectivity index (χ0v) is 16.8. The Morgan fingerprint density at radius 1 is 1.10 bits per heavy atom. The second-order valence-electron chi connectivity index (χ2n) is 6.00. The second-order valence-corrected chi connectivity index (χ2v) is 6.94. The Bertz CT molecular complexity index is 1000. The van der Waals surface area contributed by atoms with E-state index >= 15 is 0 Å². The number of carbonyl (C=O) groups is 2. The summed E-state index contributed by atoms with van der Waals surface area (Å²) >= 11 is 1.29. The first-order valence-electron chi connectivity index (χ1n) is 8.85. The highest BCUT2D eigenvalue weighted by Crippen LogP contribution is 2.25. The van der Waals surface area contributed by atoms with Crippen LogP contribution in [0, 0.1) is 0 Å². The van der Waals surface area contributed by atoms with Crippen LogP contribution in [0.2, 0.25) is 0 Å². The Hall–Kier alpha value is -3.33. The minimum Gasteiger partial charge on any atom is -0.497 e. The molecule has 9 heteroatoms. The number of hydrogen-bond acceptors (Lipinski definition) is 6. The first-order chi connectivity index (χ1) is 14.0. The van der Waals surface area contributed by atoms with Crippen LogP contribution in [0.1, 0.15) is 17.3 Å². The lowest BCUT2D eigenvalue weighted by molar-refractivity contribution is -0.113. The molecule has 0 fully saturated rings. The third kappa shape index (κ3) is 4.94. The Labute approximate surface area is 171 Å². The number of nitrogens with one attached hydrogen (secondary N) is 1. The lowest BCUT2D eigenvalue weighted by Gasteiger charge is -2.08. The summed E-state index contributed by atoms with van der Waals surface area (Å²) in [5, 5.41) is 20.8. The van der Waals surface area contributed by atoms with Crippen molar-refractivity contribution in [1.29, 1.82) is 0 Å². The Balaban J connectivity index is 1.64. The SMILES string of the molecule is CCn1c(SCC(=O)Nc2ccc(C(=O)O)cc2)nnc1-c1ccc(OC)cc1. The quantitative estimate of drug-likeness (QED) is 0.546. The van der Waals surface area contributed by atoms with Crippen molar-refractivity contribution >= 4 is 29.3 Å². The van der Waals surface area contributed by atoms with E-state index in [9.17, 15) is 9.59 Å². The third-order valence-electron chi connectivity index (χ3n) is 4.13. The van der Waals surface area contributed by atoms with E-state index in [0.717, 1.165) is 17.1 Å². The average Bonchev–Trinajstić information content (AvgIpc) is 3.15. The van der Waals surface area contributed by atoms with Gasteiger partial charge >= 0.3 is 5.97 Å². The van der Waals surface area contributed by atoms with Crippen LogP contribution in [0.15, 0.2) is 53.7 Å². The maximum Gasteiger partial charge on any atom is 0.335 e. The van der Waals surface area contributed by atoms with Crippen molar-refractivity contribution in [3.8, 4) is 17.1 Å². The van der Waals surface area contributed by atoms with Crippen LogP contribution < -0.4 is 10.1 Å². The Morgan fingerprint density at radius 2 is 1.79 bits per heavy atom. The van der Waals surface area contributed by atoms with E-state index in [-0.39, 0.29) is 17.2 Å². The predicted molar refractivity (Wildman–Crippen MR) is 110 cm³/mol. The van der Waals surface area contributed by atoms with E-state index in [1.807, 2.05) is 35.8 Å². The fourth-order valence-electron chi connectivity index (χ4n) is 2.66. The van der Waals surface area contributed by atoms with Crippen molar-refractivity contribution in [2.24, 2.45) is 0 Å². The van der Waals surface area contributed by atoms with Gasteiger partial charge in [0.25, 0.3) is 0 Å². The molecular formula is C20H20N4O4S. The molecule has 0 aliphatic carbocycles. The molecule has 29 heavy (non-hydrogen) atoms. The highest BCUT2D eigenvalue weighted by Gasteiger charge is 2.15. The molecule has 1 heterocycles. The molecule has 0 spiro atoms. The number of thioether (sulfide) groups is 1. The average molecular weight is 412 g/mol. The summed E-state index contributed by atoms with van der Waals surface area (Å²) in [6, 6.07) is 13.6. The number of anilines is 1. The molecule has 0 aliphatic rings. The molecule has 0 unspecified atom stereocenters. The van der Waals surface area contributed by atoms with Gasteiger partial charge in [-0.2, -0.15) is 0 Å². The number of ether oxygens (including phenoxy) is 1. The summed E-state index contributed by atoms with van der Waals surface area (Å²) in [5.74, 6) is 0.419. The number of carbonyl (C=O) groups excluding carboxylic acids is 1.